The van der Waals surface area contributed by atoms with Crippen LogP contribution in [0.15, 0.2) is 22.8 Å². The van der Waals surface area contributed by atoms with E-state index in [1.54, 1.807) is 6.26 Å². The van der Waals surface area contributed by atoms with Gasteiger partial charge in [-0.2, -0.15) is 0 Å². The molecule has 1 N–H and O–H groups in total. The van der Waals surface area contributed by atoms with Crippen molar-refractivity contribution in [3.8, 4) is 0 Å². The predicted octanol–water partition coefficient (Wildman–Crippen LogP) is 2.65. The maximum absolute atomic E-state index is 5.45. The van der Waals surface area contributed by atoms with Crippen LogP contribution in [0.5, 0.6) is 0 Å². The summed E-state index contributed by atoms with van der Waals surface area (Å²) in [5, 5.41) is 3.53. The van der Waals surface area contributed by atoms with Gasteiger partial charge in [0.1, 0.15) is 5.76 Å². The summed E-state index contributed by atoms with van der Waals surface area (Å²) in [6, 6.07) is 4.81. The molecule has 0 radical (unpaired) electrons. The van der Waals surface area contributed by atoms with Crippen molar-refractivity contribution >= 4 is 0 Å². The molecule has 1 aromatic heterocycles. The van der Waals surface area contributed by atoms with E-state index in [4.69, 9.17) is 9.15 Å². The second-order valence-electron chi connectivity index (χ2n) is 5.44. The van der Waals surface area contributed by atoms with E-state index in [0.717, 1.165) is 57.6 Å². The standard InChI is InChI=1S/C16H28N2O2/c1-2-19-12-4-3-9-17-10-11-18(15-7-8-15)14-16-6-5-13-20-16/h5-6,13,15,17H,2-4,7-12,14H2,1H3. The molecular formula is C16H28N2O2. The van der Waals surface area contributed by atoms with Crippen molar-refractivity contribution in [1.82, 2.24) is 10.2 Å². The third-order valence-corrected chi connectivity index (χ3v) is 3.67. The highest BCUT2D eigenvalue weighted by Crippen LogP contribution is 2.27. The van der Waals surface area contributed by atoms with E-state index in [9.17, 15) is 0 Å². The molecule has 1 aromatic rings. The fourth-order valence-electron chi connectivity index (χ4n) is 2.38. The van der Waals surface area contributed by atoms with Gasteiger partial charge in [0, 0.05) is 32.3 Å². The van der Waals surface area contributed by atoms with Gasteiger partial charge in [-0.05, 0) is 51.3 Å². The number of nitrogens with one attached hydrogen (secondary N) is 1. The molecule has 0 spiro atoms. The van der Waals surface area contributed by atoms with Gasteiger partial charge in [-0.25, -0.2) is 0 Å². The highest BCUT2D eigenvalue weighted by Gasteiger charge is 2.28. The summed E-state index contributed by atoms with van der Waals surface area (Å²) in [6.45, 7) is 7.98. The van der Waals surface area contributed by atoms with Gasteiger partial charge >= 0.3 is 0 Å². The Balaban J connectivity index is 1.52. The molecule has 0 amide bonds. The Hall–Kier alpha value is -0.840. The maximum atomic E-state index is 5.45. The summed E-state index contributed by atoms with van der Waals surface area (Å²) < 4.78 is 10.8. The molecule has 0 unspecified atom stereocenters. The predicted molar refractivity (Wildman–Crippen MR) is 80.7 cm³/mol. The molecule has 114 valence electrons. The molecule has 1 aliphatic carbocycles. The van der Waals surface area contributed by atoms with Crippen molar-refractivity contribution < 1.29 is 9.15 Å². The van der Waals surface area contributed by atoms with Gasteiger partial charge in [-0.1, -0.05) is 0 Å². The Kier molecular flexibility index (Phi) is 7.12. The van der Waals surface area contributed by atoms with Crippen LogP contribution in [0.3, 0.4) is 0 Å². The molecule has 1 heterocycles. The Labute approximate surface area is 122 Å². The number of hydrogen-bond donors (Lipinski definition) is 1. The first-order chi connectivity index (χ1) is 9.90. The van der Waals surface area contributed by atoms with E-state index in [-0.39, 0.29) is 0 Å². The number of ether oxygens (including phenoxy) is 1. The van der Waals surface area contributed by atoms with E-state index in [2.05, 4.69) is 16.3 Å². The highest BCUT2D eigenvalue weighted by atomic mass is 16.5. The molecule has 0 atom stereocenters. The summed E-state index contributed by atoms with van der Waals surface area (Å²) in [6.07, 6.45) is 6.79. The van der Waals surface area contributed by atoms with Crippen molar-refractivity contribution in [3.63, 3.8) is 0 Å². The van der Waals surface area contributed by atoms with Crippen molar-refractivity contribution in [1.29, 1.82) is 0 Å². The van der Waals surface area contributed by atoms with E-state index < -0.39 is 0 Å². The maximum Gasteiger partial charge on any atom is 0.117 e. The molecule has 2 rings (SSSR count). The van der Waals surface area contributed by atoms with Gasteiger partial charge in [0.15, 0.2) is 0 Å². The molecule has 4 nitrogen and oxygen atoms in total. The van der Waals surface area contributed by atoms with Crippen LogP contribution in [0.4, 0.5) is 0 Å². The fraction of sp³-hybridized carbons (Fsp3) is 0.750. The lowest BCUT2D eigenvalue weighted by molar-refractivity contribution is 0.143. The number of rotatable bonds is 12. The van der Waals surface area contributed by atoms with E-state index in [1.165, 1.54) is 19.3 Å². The molecule has 0 bridgehead atoms. The zero-order valence-electron chi connectivity index (χ0n) is 12.6. The van der Waals surface area contributed by atoms with Gasteiger partial charge in [-0.3, -0.25) is 4.90 Å². The number of nitrogens with zero attached hydrogens (tertiary/aromatic N) is 1. The fourth-order valence-corrected chi connectivity index (χ4v) is 2.38. The van der Waals surface area contributed by atoms with Gasteiger partial charge in [-0.15, -0.1) is 0 Å². The minimum atomic E-state index is 0.778. The van der Waals surface area contributed by atoms with E-state index in [0.29, 0.717) is 0 Å². The van der Waals surface area contributed by atoms with E-state index >= 15 is 0 Å². The Morgan fingerprint density at radius 2 is 2.25 bits per heavy atom. The lowest BCUT2D eigenvalue weighted by Gasteiger charge is -2.20. The van der Waals surface area contributed by atoms with Crippen LogP contribution >= 0.6 is 0 Å². The third kappa shape index (κ3) is 6.07. The Morgan fingerprint density at radius 1 is 1.35 bits per heavy atom. The number of hydrogen-bond acceptors (Lipinski definition) is 4. The zero-order chi connectivity index (χ0) is 14.0. The number of furan rings is 1. The Bertz CT molecular complexity index is 336. The summed E-state index contributed by atoms with van der Waals surface area (Å²) in [5.41, 5.74) is 0. The van der Waals surface area contributed by atoms with Crippen molar-refractivity contribution in [2.24, 2.45) is 0 Å². The first-order valence-electron chi connectivity index (χ1n) is 7.95. The average Bonchev–Trinajstić information content (AvgIpc) is 3.18. The van der Waals surface area contributed by atoms with Gasteiger partial charge in [0.2, 0.25) is 0 Å². The quantitative estimate of drug-likeness (QED) is 0.597. The van der Waals surface area contributed by atoms with Crippen molar-refractivity contribution in [2.75, 3.05) is 32.8 Å². The second kappa shape index (κ2) is 9.16. The highest BCUT2D eigenvalue weighted by molar-refractivity contribution is 4.99. The van der Waals surface area contributed by atoms with Crippen LogP contribution in [0, 0.1) is 0 Å². The molecule has 0 saturated heterocycles. The zero-order valence-corrected chi connectivity index (χ0v) is 12.6. The second-order valence-corrected chi connectivity index (χ2v) is 5.44. The third-order valence-electron chi connectivity index (χ3n) is 3.67. The van der Waals surface area contributed by atoms with Crippen LogP contribution in [0.2, 0.25) is 0 Å². The largest absolute Gasteiger partial charge is 0.468 e. The molecular weight excluding hydrogens is 252 g/mol. The monoisotopic (exact) mass is 280 g/mol. The van der Waals surface area contributed by atoms with Gasteiger partial charge < -0.3 is 14.5 Å². The minimum Gasteiger partial charge on any atom is -0.468 e. The molecule has 20 heavy (non-hydrogen) atoms. The topological polar surface area (TPSA) is 37.6 Å². The van der Waals surface area contributed by atoms with Crippen LogP contribution in [0.25, 0.3) is 0 Å². The number of unbranched alkanes of at least 4 members (excludes halogenated alkanes) is 1. The molecule has 1 fully saturated rings. The smallest absolute Gasteiger partial charge is 0.117 e. The lowest BCUT2D eigenvalue weighted by Crippen LogP contribution is -2.33. The molecule has 4 heteroatoms. The molecule has 1 saturated carbocycles. The summed E-state index contributed by atoms with van der Waals surface area (Å²) in [5.74, 6) is 1.08. The first kappa shape index (κ1) is 15.5. The molecule has 0 aromatic carbocycles. The van der Waals surface area contributed by atoms with Crippen LogP contribution in [-0.4, -0.2) is 43.8 Å². The first-order valence-corrected chi connectivity index (χ1v) is 7.95. The van der Waals surface area contributed by atoms with Crippen LogP contribution in [-0.2, 0) is 11.3 Å². The SMILES string of the molecule is CCOCCCCNCCN(Cc1ccco1)C1CC1. The average molecular weight is 280 g/mol. The molecule has 1 aliphatic rings. The summed E-state index contributed by atoms with van der Waals surface area (Å²) in [4.78, 5) is 2.53. The van der Waals surface area contributed by atoms with Crippen LogP contribution in [0.1, 0.15) is 38.4 Å². The summed E-state index contributed by atoms with van der Waals surface area (Å²) >= 11 is 0. The van der Waals surface area contributed by atoms with Crippen molar-refractivity contribution in [3.05, 3.63) is 24.2 Å². The summed E-state index contributed by atoms with van der Waals surface area (Å²) in [7, 11) is 0. The lowest BCUT2D eigenvalue weighted by atomic mass is 10.3. The normalized spacial score (nSPS) is 15.1. The van der Waals surface area contributed by atoms with Gasteiger partial charge in [0.25, 0.3) is 0 Å². The molecule has 0 aliphatic heterocycles. The van der Waals surface area contributed by atoms with E-state index in [1.807, 2.05) is 13.0 Å². The van der Waals surface area contributed by atoms with Crippen LogP contribution < -0.4 is 5.32 Å². The minimum absolute atomic E-state index is 0.778. The van der Waals surface area contributed by atoms with Crippen molar-refractivity contribution in [2.45, 2.75) is 45.2 Å². The Morgan fingerprint density at radius 3 is 2.95 bits per heavy atom. The van der Waals surface area contributed by atoms with Gasteiger partial charge in [0.05, 0.1) is 12.8 Å².